The molecule has 0 aromatic carbocycles. The van der Waals surface area contributed by atoms with Crippen LogP contribution in [0.3, 0.4) is 0 Å². The predicted octanol–water partition coefficient (Wildman–Crippen LogP) is 1.29. The molecule has 1 fully saturated rings. The van der Waals surface area contributed by atoms with Gasteiger partial charge in [0.25, 0.3) is 0 Å². The molecule has 4 nitrogen and oxygen atoms in total. The first-order valence-electron chi connectivity index (χ1n) is 6.50. The molecule has 0 spiro atoms. The van der Waals surface area contributed by atoms with E-state index >= 15 is 0 Å². The van der Waals surface area contributed by atoms with Crippen LogP contribution in [-0.4, -0.2) is 31.7 Å². The number of hydrogen-bond acceptors (Lipinski definition) is 3. The average Bonchev–Trinajstić information content (AvgIpc) is 2.73. The van der Waals surface area contributed by atoms with Gasteiger partial charge in [0, 0.05) is 13.7 Å². The first kappa shape index (κ1) is 14.5. The lowest BCUT2D eigenvalue weighted by Gasteiger charge is -2.23. The molecule has 1 rings (SSSR count). The molecule has 100 valence electrons. The fourth-order valence-corrected chi connectivity index (χ4v) is 2.46. The van der Waals surface area contributed by atoms with E-state index in [1.807, 2.05) is 13.8 Å². The molecule has 0 heterocycles. The largest absolute Gasteiger partial charge is 0.378 e. The maximum absolute atomic E-state index is 11.7. The summed E-state index contributed by atoms with van der Waals surface area (Å²) in [6.07, 6.45) is 4.05. The Balaban J connectivity index is 2.28. The first-order chi connectivity index (χ1) is 7.98. The molecule has 0 radical (unpaired) electrons. The van der Waals surface area contributed by atoms with Crippen LogP contribution in [0.5, 0.6) is 0 Å². The Hall–Kier alpha value is -0.610. The molecule has 0 bridgehead atoms. The lowest BCUT2D eigenvalue weighted by Crippen LogP contribution is -2.37. The molecule has 0 aromatic heterocycles. The Labute approximate surface area is 104 Å². The number of methoxy groups -OCH3 is 1. The Morgan fingerprint density at radius 3 is 2.65 bits per heavy atom. The Morgan fingerprint density at radius 1 is 1.41 bits per heavy atom. The van der Waals surface area contributed by atoms with Gasteiger partial charge >= 0.3 is 0 Å². The minimum Gasteiger partial charge on any atom is -0.378 e. The molecule has 0 aliphatic heterocycles. The third-order valence-electron chi connectivity index (χ3n) is 3.82. The second kappa shape index (κ2) is 6.36. The molecular formula is C13H26N2O2. The topological polar surface area (TPSA) is 64.3 Å². The van der Waals surface area contributed by atoms with Crippen molar-refractivity contribution < 1.29 is 9.53 Å². The molecule has 4 heteroatoms. The van der Waals surface area contributed by atoms with E-state index in [1.54, 1.807) is 7.11 Å². The summed E-state index contributed by atoms with van der Waals surface area (Å²) < 4.78 is 5.24. The zero-order chi connectivity index (χ0) is 12.9. The van der Waals surface area contributed by atoms with E-state index in [4.69, 9.17) is 10.5 Å². The molecule has 2 atom stereocenters. The standard InChI is InChI=1S/C13H26N2O2/c1-13(2,17-3)7-12(16)15-9-11-6-4-5-10(11)8-14/h10-11H,4-9,14H2,1-3H3,(H,15,16). The molecule has 3 N–H and O–H groups in total. The minimum absolute atomic E-state index is 0.0690. The van der Waals surface area contributed by atoms with Crippen molar-refractivity contribution in [1.29, 1.82) is 0 Å². The van der Waals surface area contributed by atoms with Gasteiger partial charge in [-0.1, -0.05) is 6.42 Å². The lowest BCUT2D eigenvalue weighted by molar-refractivity contribution is -0.126. The van der Waals surface area contributed by atoms with Gasteiger partial charge in [0.1, 0.15) is 0 Å². The van der Waals surface area contributed by atoms with Crippen LogP contribution in [0, 0.1) is 11.8 Å². The summed E-state index contributed by atoms with van der Waals surface area (Å²) in [5.41, 5.74) is 5.34. The summed E-state index contributed by atoms with van der Waals surface area (Å²) in [5, 5.41) is 3.00. The zero-order valence-electron chi connectivity index (χ0n) is 11.3. The summed E-state index contributed by atoms with van der Waals surface area (Å²) in [5.74, 6) is 1.22. The van der Waals surface area contributed by atoms with Crippen molar-refractivity contribution in [2.45, 2.75) is 45.1 Å². The van der Waals surface area contributed by atoms with E-state index in [2.05, 4.69) is 5.32 Å². The monoisotopic (exact) mass is 242 g/mol. The van der Waals surface area contributed by atoms with Crippen molar-refractivity contribution in [3.05, 3.63) is 0 Å². The van der Waals surface area contributed by atoms with E-state index in [0.717, 1.165) is 13.1 Å². The third kappa shape index (κ3) is 4.64. The molecule has 0 saturated heterocycles. The number of rotatable bonds is 6. The Bertz CT molecular complexity index is 254. The van der Waals surface area contributed by atoms with Crippen molar-refractivity contribution >= 4 is 5.91 Å². The van der Waals surface area contributed by atoms with Crippen molar-refractivity contribution in [3.8, 4) is 0 Å². The predicted molar refractivity (Wildman–Crippen MR) is 68.6 cm³/mol. The fraction of sp³-hybridized carbons (Fsp3) is 0.923. The molecule has 1 amide bonds. The van der Waals surface area contributed by atoms with Crippen LogP contribution in [0.2, 0.25) is 0 Å². The van der Waals surface area contributed by atoms with Crippen molar-refractivity contribution in [2.24, 2.45) is 17.6 Å². The number of carbonyl (C=O) groups is 1. The molecule has 17 heavy (non-hydrogen) atoms. The van der Waals surface area contributed by atoms with E-state index in [0.29, 0.717) is 18.3 Å². The van der Waals surface area contributed by atoms with Crippen LogP contribution in [0.25, 0.3) is 0 Å². The maximum atomic E-state index is 11.7. The van der Waals surface area contributed by atoms with Gasteiger partial charge in [-0.15, -0.1) is 0 Å². The highest BCUT2D eigenvalue weighted by Gasteiger charge is 2.27. The SMILES string of the molecule is COC(C)(C)CC(=O)NCC1CCCC1CN. The molecule has 1 aliphatic rings. The molecule has 0 aromatic rings. The van der Waals surface area contributed by atoms with E-state index in [-0.39, 0.29) is 11.5 Å². The highest BCUT2D eigenvalue weighted by molar-refractivity contribution is 5.76. The first-order valence-corrected chi connectivity index (χ1v) is 6.50. The average molecular weight is 242 g/mol. The van der Waals surface area contributed by atoms with Gasteiger partial charge in [-0.2, -0.15) is 0 Å². The number of amides is 1. The van der Waals surface area contributed by atoms with Gasteiger partial charge in [-0.3, -0.25) is 4.79 Å². The second-order valence-corrected chi connectivity index (χ2v) is 5.63. The molecule has 1 aliphatic carbocycles. The second-order valence-electron chi connectivity index (χ2n) is 5.63. The van der Waals surface area contributed by atoms with Gasteiger partial charge in [-0.05, 0) is 45.1 Å². The van der Waals surface area contributed by atoms with Crippen LogP contribution in [-0.2, 0) is 9.53 Å². The van der Waals surface area contributed by atoms with Gasteiger partial charge in [0.15, 0.2) is 0 Å². The third-order valence-corrected chi connectivity index (χ3v) is 3.82. The van der Waals surface area contributed by atoms with Gasteiger partial charge in [0.2, 0.25) is 5.91 Å². The van der Waals surface area contributed by atoms with E-state index < -0.39 is 0 Å². The minimum atomic E-state index is -0.382. The number of nitrogens with two attached hydrogens (primary N) is 1. The van der Waals surface area contributed by atoms with Crippen molar-refractivity contribution in [3.63, 3.8) is 0 Å². The summed E-state index contributed by atoms with van der Waals surface area (Å²) in [4.78, 5) is 11.7. The lowest BCUT2D eigenvalue weighted by atomic mass is 9.96. The smallest absolute Gasteiger partial charge is 0.222 e. The molecule has 2 unspecified atom stereocenters. The van der Waals surface area contributed by atoms with Crippen LogP contribution < -0.4 is 11.1 Å². The summed E-state index contributed by atoms with van der Waals surface area (Å²) in [7, 11) is 1.63. The van der Waals surface area contributed by atoms with Gasteiger partial charge in [0.05, 0.1) is 12.0 Å². The maximum Gasteiger partial charge on any atom is 0.222 e. The summed E-state index contributed by atoms with van der Waals surface area (Å²) in [6, 6.07) is 0. The highest BCUT2D eigenvalue weighted by atomic mass is 16.5. The van der Waals surface area contributed by atoms with Crippen LogP contribution in [0.15, 0.2) is 0 Å². The number of nitrogens with one attached hydrogen (secondary N) is 1. The highest BCUT2D eigenvalue weighted by Crippen LogP contribution is 2.30. The van der Waals surface area contributed by atoms with Crippen molar-refractivity contribution in [1.82, 2.24) is 5.32 Å². The van der Waals surface area contributed by atoms with E-state index in [1.165, 1.54) is 19.3 Å². The van der Waals surface area contributed by atoms with Crippen LogP contribution in [0.1, 0.15) is 39.5 Å². The molecular weight excluding hydrogens is 216 g/mol. The van der Waals surface area contributed by atoms with Crippen LogP contribution >= 0.6 is 0 Å². The number of carbonyl (C=O) groups excluding carboxylic acids is 1. The molecule has 1 saturated carbocycles. The Kier molecular flexibility index (Phi) is 5.40. The number of hydrogen-bond donors (Lipinski definition) is 2. The zero-order valence-corrected chi connectivity index (χ0v) is 11.3. The van der Waals surface area contributed by atoms with Gasteiger partial charge in [-0.25, -0.2) is 0 Å². The summed E-state index contributed by atoms with van der Waals surface area (Å²) >= 11 is 0. The van der Waals surface area contributed by atoms with Gasteiger partial charge < -0.3 is 15.8 Å². The van der Waals surface area contributed by atoms with Crippen LogP contribution in [0.4, 0.5) is 0 Å². The fourth-order valence-electron chi connectivity index (χ4n) is 2.46. The number of ether oxygens (including phenoxy) is 1. The van der Waals surface area contributed by atoms with E-state index in [9.17, 15) is 4.79 Å². The Morgan fingerprint density at radius 2 is 2.06 bits per heavy atom. The van der Waals surface area contributed by atoms with Crippen molar-refractivity contribution in [2.75, 3.05) is 20.2 Å². The quantitative estimate of drug-likeness (QED) is 0.737. The summed E-state index contributed by atoms with van der Waals surface area (Å²) in [6.45, 7) is 5.35. The normalized spacial score (nSPS) is 24.9.